The smallest absolute Gasteiger partial charge is 0.330 e. The molecule has 0 aliphatic carbocycles. The van der Waals surface area contributed by atoms with Crippen molar-refractivity contribution in [3.63, 3.8) is 0 Å². The molecule has 0 aliphatic heterocycles. The lowest BCUT2D eigenvalue weighted by Gasteiger charge is -2.20. The van der Waals surface area contributed by atoms with E-state index in [1.54, 1.807) is 11.4 Å². The van der Waals surface area contributed by atoms with E-state index in [2.05, 4.69) is 5.32 Å². The molecule has 2 nitrogen and oxygen atoms in total. The second-order valence-corrected chi connectivity index (χ2v) is 5.17. The van der Waals surface area contributed by atoms with Gasteiger partial charge in [-0.15, -0.1) is 11.3 Å². The van der Waals surface area contributed by atoms with Crippen molar-refractivity contribution in [2.45, 2.75) is 25.3 Å². The summed E-state index contributed by atoms with van der Waals surface area (Å²) in [6, 6.07) is 1.30. The Bertz CT molecular complexity index is 389. The van der Waals surface area contributed by atoms with Crippen LogP contribution in [0.25, 0.3) is 0 Å². The molecular formula is C11H14ClF4NOS. The molecule has 0 bridgehead atoms. The maximum Gasteiger partial charge on any atom is 0.330 e. The van der Waals surface area contributed by atoms with Gasteiger partial charge in [-0.2, -0.15) is 8.78 Å². The molecule has 8 heteroatoms. The lowest BCUT2D eigenvalue weighted by Crippen LogP contribution is -2.34. The summed E-state index contributed by atoms with van der Waals surface area (Å²) in [4.78, 5) is 0.740. The van der Waals surface area contributed by atoms with Crippen LogP contribution >= 0.6 is 22.9 Å². The van der Waals surface area contributed by atoms with Gasteiger partial charge in [-0.3, -0.25) is 0 Å². The lowest BCUT2D eigenvalue weighted by atomic mass is 10.2. The number of hydrogen-bond acceptors (Lipinski definition) is 3. The Kier molecular flexibility index (Phi) is 6.52. The first kappa shape index (κ1) is 16.7. The number of nitrogens with one attached hydrogen (secondary N) is 1. The number of likely N-dealkylation sites (N-methyl/N-ethyl adjacent to an activating group) is 1. The van der Waals surface area contributed by atoms with Gasteiger partial charge in [0.1, 0.15) is 6.61 Å². The number of thiophene rings is 1. The van der Waals surface area contributed by atoms with Gasteiger partial charge in [0, 0.05) is 4.88 Å². The summed E-state index contributed by atoms with van der Waals surface area (Å²) >= 11 is 7.29. The van der Waals surface area contributed by atoms with Gasteiger partial charge in [-0.1, -0.05) is 18.5 Å². The Morgan fingerprint density at radius 2 is 2.16 bits per heavy atom. The highest BCUT2D eigenvalue weighted by molar-refractivity contribution is 7.10. The van der Waals surface area contributed by atoms with Crippen molar-refractivity contribution in [3.8, 4) is 0 Å². The van der Waals surface area contributed by atoms with Crippen LogP contribution in [0.2, 0.25) is 5.02 Å². The molecule has 1 heterocycles. The summed E-state index contributed by atoms with van der Waals surface area (Å²) in [6.45, 7) is 0.960. The molecule has 0 spiro atoms. The Hall–Kier alpha value is -0.370. The number of hydrogen-bond donors (Lipinski definition) is 1. The van der Waals surface area contributed by atoms with Crippen LogP contribution in [-0.4, -0.2) is 32.1 Å². The molecule has 1 rings (SSSR count). The minimum absolute atomic E-state index is 0.142. The molecule has 1 unspecified atom stereocenters. The quantitative estimate of drug-likeness (QED) is 0.732. The van der Waals surface area contributed by atoms with Crippen LogP contribution in [0.5, 0.6) is 0 Å². The van der Waals surface area contributed by atoms with E-state index < -0.39 is 19.0 Å². The van der Waals surface area contributed by atoms with Gasteiger partial charge < -0.3 is 10.1 Å². The maximum atomic E-state index is 12.7. The number of halogens is 5. The zero-order valence-corrected chi connectivity index (χ0v) is 11.7. The van der Waals surface area contributed by atoms with Gasteiger partial charge in [0.15, 0.2) is 0 Å². The summed E-state index contributed by atoms with van der Waals surface area (Å²) in [5, 5.41) is 5.27. The minimum atomic E-state index is -4.13. The van der Waals surface area contributed by atoms with Crippen LogP contribution < -0.4 is 5.32 Å². The number of ether oxygens (including phenoxy) is 1. The molecule has 0 saturated heterocycles. The van der Waals surface area contributed by atoms with E-state index in [4.69, 9.17) is 16.3 Å². The molecule has 0 aliphatic rings. The first-order valence-corrected chi connectivity index (χ1v) is 6.84. The first-order chi connectivity index (χ1) is 8.88. The highest BCUT2D eigenvalue weighted by Crippen LogP contribution is 2.29. The van der Waals surface area contributed by atoms with Gasteiger partial charge in [0.05, 0.1) is 17.7 Å². The van der Waals surface area contributed by atoms with E-state index in [1.165, 1.54) is 11.3 Å². The van der Waals surface area contributed by atoms with Crippen molar-refractivity contribution in [2.75, 3.05) is 19.8 Å². The second kappa shape index (κ2) is 7.42. The second-order valence-electron chi connectivity index (χ2n) is 3.82. The fraction of sp³-hybridized carbons (Fsp3) is 0.636. The molecule has 1 aromatic rings. The van der Waals surface area contributed by atoms with Crippen molar-refractivity contribution in [1.29, 1.82) is 0 Å². The molecule has 0 radical (unpaired) electrons. The van der Waals surface area contributed by atoms with E-state index in [-0.39, 0.29) is 12.6 Å². The lowest BCUT2D eigenvalue weighted by molar-refractivity contribution is -0.167. The topological polar surface area (TPSA) is 21.3 Å². The monoisotopic (exact) mass is 319 g/mol. The predicted molar refractivity (Wildman–Crippen MR) is 67.5 cm³/mol. The van der Waals surface area contributed by atoms with Crippen molar-refractivity contribution in [3.05, 3.63) is 21.3 Å². The minimum Gasteiger partial charge on any atom is -0.373 e. The SMILES string of the molecule is CCNC(COCC(F)(F)C(F)F)c1sccc1Cl. The average molecular weight is 320 g/mol. The van der Waals surface area contributed by atoms with Gasteiger partial charge >= 0.3 is 12.3 Å². The first-order valence-electron chi connectivity index (χ1n) is 5.58. The summed E-state index contributed by atoms with van der Waals surface area (Å²) < 4.78 is 54.0. The highest BCUT2D eigenvalue weighted by Gasteiger charge is 2.41. The summed E-state index contributed by atoms with van der Waals surface area (Å²) in [5.74, 6) is -4.13. The molecule has 0 amide bonds. The third-order valence-corrected chi connectivity index (χ3v) is 3.78. The molecule has 110 valence electrons. The van der Waals surface area contributed by atoms with Crippen LogP contribution in [-0.2, 0) is 4.74 Å². The zero-order valence-electron chi connectivity index (χ0n) is 10.1. The standard InChI is InChI=1S/C11H14ClF4NOS/c1-2-17-8(9-7(12)3-4-19-9)5-18-6-11(15,16)10(13)14/h3-4,8,10,17H,2,5-6H2,1H3. The van der Waals surface area contributed by atoms with Crippen molar-refractivity contribution < 1.29 is 22.3 Å². The van der Waals surface area contributed by atoms with Gasteiger partial charge in [-0.05, 0) is 18.0 Å². The van der Waals surface area contributed by atoms with Crippen molar-refractivity contribution in [2.24, 2.45) is 0 Å². The Labute approximate surface area is 117 Å². The molecule has 0 fully saturated rings. The van der Waals surface area contributed by atoms with E-state index in [1.807, 2.05) is 6.92 Å². The van der Waals surface area contributed by atoms with Crippen LogP contribution in [0.3, 0.4) is 0 Å². The third kappa shape index (κ3) is 4.91. The van der Waals surface area contributed by atoms with E-state index >= 15 is 0 Å². The van der Waals surface area contributed by atoms with Crippen LogP contribution in [0.15, 0.2) is 11.4 Å². The highest BCUT2D eigenvalue weighted by atomic mass is 35.5. The molecule has 0 saturated carbocycles. The van der Waals surface area contributed by atoms with Crippen molar-refractivity contribution >= 4 is 22.9 Å². The molecule has 1 atom stereocenters. The normalized spacial score (nSPS) is 14.1. The fourth-order valence-electron chi connectivity index (χ4n) is 1.40. The number of alkyl halides is 4. The Morgan fingerprint density at radius 3 is 2.63 bits per heavy atom. The Balaban J connectivity index is 2.54. The third-order valence-electron chi connectivity index (χ3n) is 2.31. The van der Waals surface area contributed by atoms with E-state index in [9.17, 15) is 17.6 Å². The van der Waals surface area contributed by atoms with Crippen LogP contribution in [0.4, 0.5) is 17.6 Å². The summed E-state index contributed by atoms with van der Waals surface area (Å²) in [5.41, 5.74) is 0. The number of rotatable bonds is 8. The van der Waals surface area contributed by atoms with Crippen molar-refractivity contribution in [1.82, 2.24) is 5.32 Å². The summed E-state index contributed by atoms with van der Waals surface area (Å²) in [7, 11) is 0. The molecular weight excluding hydrogens is 306 g/mol. The van der Waals surface area contributed by atoms with Crippen LogP contribution in [0.1, 0.15) is 17.8 Å². The maximum absolute atomic E-state index is 12.7. The molecule has 0 aromatic carbocycles. The largest absolute Gasteiger partial charge is 0.373 e. The van der Waals surface area contributed by atoms with E-state index in [0.717, 1.165) is 4.88 Å². The predicted octanol–water partition coefficient (Wildman–Crippen LogP) is 3.97. The fourth-order valence-corrected chi connectivity index (χ4v) is 2.65. The van der Waals surface area contributed by atoms with Gasteiger partial charge in [-0.25, -0.2) is 8.78 Å². The van der Waals surface area contributed by atoms with Crippen LogP contribution in [0, 0.1) is 0 Å². The Morgan fingerprint density at radius 1 is 1.47 bits per heavy atom. The summed E-state index contributed by atoms with van der Waals surface area (Å²) in [6.07, 6.45) is -3.73. The average Bonchev–Trinajstić information content (AvgIpc) is 2.74. The molecule has 19 heavy (non-hydrogen) atoms. The molecule has 1 aromatic heterocycles. The molecule has 1 N–H and O–H groups in total. The van der Waals surface area contributed by atoms with Gasteiger partial charge in [0.2, 0.25) is 0 Å². The van der Waals surface area contributed by atoms with E-state index in [0.29, 0.717) is 11.6 Å². The van der Waals surface area contributed by atoms with Gasteiger partial charge in [0.25, 0.3) is 0 Å². The zero-order chi connectivity index (χ0) is 14.5.